The van der Waals surface area contributed by atoms with E-state index < -0.39 is 15.6 Å². The quantitative estimate of drug-likeness (QED) is 0.226. The van der Waals surface area contributed by atoms with E-state index in [0.717, 1.165) is 11.1 Å². The minimum Gasteiger partial charge on any atom is -0.425 e. The minimum absolute atomic E-state index is 0.188. The summed E-state index contributed by atoms with van der Waals surface area (Å²) in [6.45, 7) is 0. The molecule has 0 saturated heterocycles. The fourth-order valence-corrected chi connectivity index (χ4v) is 2.07. The number of hydrogen-bond donors (Lipinski definition) is 6. The van der Waals surface area contributed by atoms with Gasteiger partial charge in [-0.1, -0.05) is 48.5 Å². The monoisotopic (exact) mass is 406 g/mol. The summed E-state index contributed by atoms with van der Waals surface area (Å²) in [6.07, 6.45) is 0. The summed E-state index contributed by atoms with van der Waals surface area (Å²) in [5, 5.41) is 0. The Kier molecular flexibility index (Phi) is 7.83. The number of fused-ring (bicyclic) bond motifs is 1. The van der Waals surface area contributed by atoms with Crippen LogP contribution in [0.25, 0.3) is 0 Å². The number of ether oxygens (including phenoxy) is 1. The van der Waals surface area contributed by atoms with E-state index in [0.29, 0.717) is 5.75 Å². The first-order valence-corrected chi connectivity index (χ1v) is 9.91. The molecule has 0 saturated carbocycles. The molecule has 10 nitrogen and oxygen atoms in total. The molecule has 2 aromatic rings. The Morgan fingerprint density at radius 3 is 1.65 bits per heavy atom. The van der Waals surface area contributed by atoms with Crippen molar-refractivity contribution >= 4 is 21.6 Å². The van der Waals surface area contributed by atoms with Crippen molar-refractivity contribution in [3.63, 3.8) is 0 Å². The predicted molar refractivity (Wildman–Crippen MR) is 88.9 cm³/mol. The van der Waals surface area contributed by atoms with Crippen LogP contribution in [0.3, 0.4) is 0 Å². The standard InChI is InChI=1S/C14H10O2.2H3O4P/c15-14-13(10-6-2-1-3-7-10)11-8-4-5-9-12(11)16-14;2*1-5(2,3)4/h1-9,13H;2*(H3,1,2,3,4). The molecule has 0 amide bonds. The summed E-state index contributed by atoms with van der Waals surface area (Å²) >= 11 is 0. The van der Waals surface area contributed by atoms with E-state index in [4.69, 9.17) is 43.2 Å². The molecule has 1 atom stereocenters. The molecule has 0 radical (unpaired) electrons. The number of carbonyl (C=O) groups excluding carboxylic acids is 1. The Morgan fingerprint density at radius 2 is 1.15 bits per heavy atom. The number of rotatable bonds is 1. The maximum absolute atomic E-state index is 11.8. The van der Waals surface area contributed by atoms with Crippen LogP contribution in [-0.4, -0.2) is 35.3 Å². The van der Waals surface area contributed by atoms with Gasteiger partial charge in [-0.2, -0.15) is 0 Å². The highest BCUT2D eigenvalue weighted by molar-refractivity contribution is 7.45. The predicted octanol–water partition coefficient (Wildman–Crippen LogP) is 0.880. The maximum Gasteiger partial charge on any atom is 0.466 e. The smallest absolute Gasteiger partial charge is 0.425 e. The van der Waals surface area contributed by atoms with E-state index in [-0.39, 0.29) is 11.9 Å². The highest BCUT2D eigenvalue weighted by atomic mass is 31.2. The summed E-state index contributed by atoms with van der Waals surface area (Å²) in [7, 11) is -9.28. The van der Waals surface area contributed by atoms with Gasteiger partial charge in [0.1, 0.15) is 11.7 Å². The van der Waals surface area contributed by atoms with Gasteiger partial charge in [-0.3, -0.25) is 4.79 Å². The molecule has 0 aromatic heterocycles. The number of esters is 1. The second kappa shape index (κ2) is 9.18. The van der Waals surface area contributed by atoms with Gasteiger partial charge in [-0.05, 0) is 11.6 Å². The Hall–Kier alpha value is -1.87. The Morgan fingerprint density at radius 1 is 0.731 bits per heavy atom. The molecule has 0 bridgehead atoms. The average Bonchev–Trinajstić information content (AvgIpc) is 2.80. The second-order valence-electron chi connectivity index (χ2n) is 4.83. The number of carbonyl (C=O) groups is 1. The molecular formula is C14H16O10P2. The molecule has 1 aliphatic rings. The topological polar surface area (TPSA) is 182 Å². The minimum atomic E-state index is -4.64. The molecule has 2 aromatic carbocycles. The van der Waals surface area contributed by atoms with Crippen molar-refractivity contribution in [2.45, 2.75) is 5.92 Å². The van der Waals surface area contributed by atoms with Crippen LogP contribution in [0.5, 0.6) is 5.75 Å². The van der Waals surface area contributed by atoms with Crippen LogP contribution in [-0.2, 0) is 13.9 Å². The number of phosphoric acid groups is 2. The lowest BCUT2D eigenvalue weighted by Gasteiger charge is -2.06. The second-order valence-corrected chi connectivity index (χ2v) is 6.88. The van der Waals surface area contributed by atoms with E-state index in [2.05, 4.69) is 0 Å². The van der Waals surface area contributed by atoms with Crippen LogP contribution in [0.15, 0.2) is 54.6 Å². The van der Waals surface area contributed by atoms with Crippen molar-refractivity contribution in [2.75, 3.05) is 0 Å². The molecule has 142 valence electrons. The van der Waals surface area contributed by atoms with Crippen LogP contribution in [0.2, 0.25) is 0 Å². The van der Waals surface area contributed by atoms with E-state index in [1.807, 2.05) is 54.6 Å². The van der Waals surface area contributed by atoms with Crippen molar-refractivity contribution in [1.29, 1.82) is 0 Å². The summed E-state index contributed by atoms with van der Waals surface area (Å²) in [6, 6.07) is 17.3. The lowest BCUT2D eigenvalue weighted by molar-refractivity contribution is -0.133. The maximum atomic E-state index is 11.8. The van der Waals surface area contributed by atoms with Gasteiger partial charge in [0.25, 0.3) is 0 Å². The molecule has 1 unspecified atom stereocenters. The van der Waals surface area contributed by atoms with Gasteiger partial charge in [0, 0.05) is 5.56 Å². The molecule has 6 N–H and O–H groups in total. The fraction of sp³-hybridized carbons (Fsp3) is 0.0714. The third-order valence-electron chi connectivity index (χ3n) is 2.81. The molecule has 1 aliphatic heterocycles. The molecule has 0 aliphatic carbocycles. The van der Waals surface area contributed by atoms with Gasteiger partial charge in [0.05, 0.1) is 0 Å². The molecule has 1 heterocycles. The van der Waals surface area contributed by atoms with E-state index in [9.17, 15) is 4.79 Å². The normalized spacial score (nSPS) is 15.6. The van der Waals surface area contributed by atoms with Crippen LogP contribution in [0.4, 0.5) is 0 Å². The Labute approximate surface area is 147 Å². The summed E-state index contributed by atoms with van der Waals surface area (Å²) in [5.74, 6) is 0.228. The molecule has 0 spiro atoms. The number of para-hydroxylation sites is 1. The van der Waals surface area contributed by atoms with Crippen LogP contribution in [0.1, 0.15) is 17.0 Å². The van der Waals surface area contributed by atoms with Crippen molar-refractivity contribution < 1.29 is 48.0 Å². The summed E-state index contributed by atoms with van der Waals surface area (Å²) < 4.78 is 23.0. The van der Waals surface area contributed by atoms with Gasteiger partial charge in [-0.25, -0.2) is 9.13 Å². The molecule has 12 heteroatoms. The highest BCUT2D eigenvalue weighted by Gasteiger charge is 2.33. The van der Waals surface area contributed by atoms with E-state index >= 15 is 0 Å². The molecular weight excluding hydrogens is 390 g/mol. The van der Waals surface area contributed by atoms with Crippen LogP contribution >= 0.6 is 15.6 Å². The average molecular weight is 406 g/mol. The van der Waals surface area contributed by atoms with Gasteiger partial charge in [0.15, 0.2) is 0 Å². The molecule has 26 heavy (non-hydrogen) atoms. The van der Waals surface area contributed by atoms with Crippen molar-refractivity contribution in [3.8, 4) is 5.75 Å². The zero-order valence-electron chi connectivity index (χ0n) is 13.0. The van der Waals surface area contributed by atoms with Gasteiger partial charge in [-0.15, -0.1) is 0 Å². The zero-order chi connectivity index (χ0) is 20.0. The summed E-state index contributed by atoms with van der Waals surface area (Å²) in [4.78, 5) is 54.9. The van der Waals surface area contributed by atoms with Gasteiger partial charge in [0.2, 0.25) is 0 Å². The first kappa shape index (κ1) is 22.2. The third-order valence-corrected chi connectivity index (χ3v) is 2.81. The Balaban J connectivity index is 0.000000284. The number of benzene rings is 2. The number of hydrogen-bond acceptors (Lipinski definition) is 4. The van der Waals surface area contributed by atoms with Crippen molar-refractivity contribution in [1.82, 2.24) is 0 Å². The SMILES string of the molecule is O=C1Oc2ccccc2C1c1ccccc1.O=P(O)(O)O.O=P(O)(O)O. The summed E-state index contributed by atoms with van der Waals surface area (Å²) in [5.41, 5.74) is 1.94. The third kappa shape index (κ3) is 9.00. The zero-order valence-corrected chi connectivity index (χ0v) is 14.8. The van der Waals surface area contributed by atoms with Gasteiger partial charge >= 0.3 is 21.6 Å². The first-order valence-electron chi connectivity index (χ1n) is 6.78. The lowest BCUT2D eigenvalue weighted by Crippen LogP contribution is -2.11. The van der Waals surface area contributed by atoms with E-state index in [1.54, 1.807) is 0 Å². The molecule has 3 rings (SSSR count). The highest BCUT2D eigenvalue weighted by Crippen LogP contribution is 2.38. The first-order chi connectivity index (χ1) is 11.9. The van der Waals surface area contributed by atoms with Gasteiger partial charge < -0.3 is 34.1 Å². The van der Waals surface area contributed by atoms with E-state index in [1.165, 1.54) is 0 Å². The van der Waals surface area contributed by atoms with Crippen LogP contribution in [0, 0.1) is 0 Å². The molecule has 0 fully saturated rings. The fourth-order valence-electron chi connectivity index (χ4n) is 2.07. The van der Waals surface area contributed by atoms with Crippen molar-refractivity contribution in [3.05, 3.63) is 65.7 Å². The lowest BCUT2D eigenvalue weighted by atomic mass is 9.93. The largest absolute Gasteiger partial charge is 0.466 e. The Bertz CT molecular complexity index is 790. The van der Waals surface area contributed by atoms with Crippen molar-refractivity contribution in [2.24, 2.45) is 0 Å². The van der Waals surface area contributed by atoms with Crippen LogP contribution < -0.4 is 4.74 Å².